The van der Waals surface area contributed by atoms with E-state index in [0.717, 1.165) is 22.3 Å². The molecule has 0 saturated heterocycles. The van der Waals surface area contributed by atoms with E-state index in [0.29, 0.717) is 0 Å². The number of sulfonamides is 1. The lowest BCUT2D eigenvalue weighted by Crippen LogP contribution is -2.37. The lowest BCUT2D eigenvalue weighted by Gasteiger charge is -2.27. The second-order valence-corrected chi connectivity index (χ2v) is 9.82. The Hall–Kier alpha value is -3.25. The van der Waals surface area contributed by atoms with Gasteiger partial charge in [-0.1, -0.05) is 109 Å². The van der Waals surface area contributed by atoms with Gasteiger partial charge in [0.05, 0.1) is 10.9 Å². The summed E-state index contributed by atoms with van der Waals surface area (Å²) in [6, 6.07) is 36.9. The summed E-state index contributed by atoms with van der Waals surface area (Å²) in [5.41, 5.74) is 4.27. The first kappa shape index (κ1) is 22.9. The van der Waals surface area contributed by atoms with Gasteiger partial charge in [0.25, 0.3) is 0 Å². The van der Waals surface area contributed by atoms with Crippen LogP contribution in [0.4, 0.5) is 0 Å². The number of hydrogen-bond donors (Lipinski definition) is 2. The van der Waals surface area contributed by atoms with E-state index in [1.165, 1.54) is 0 Å². The fourth-order valence-electron chi connectivity index (χ4n) is 3.83. The Kier molecular flexibility index (Phi) is 7.35. The van der Waals surface area contributed by atoms with Crippen molar-refractivity contribution in [1.82, 2.24) is 10.0 Å². The van der Waals surface area contributed by atoms with E-state index in [1.807, 2.05) is 85.8 Å². The third-order valence-electron chi connectivity index (χ3n) is 5.64. The summed E-state index contributed by atoms with van der Waals surface area (Å²) in [5.74, 6) is 0. The Labute approximate surface area is 196 Å². The molecule has 4 aromatic rings. The molecule has 0 aliphatic carbocycles. The summed E-state index contributed by atoms with van der Waals surface area (Å²) in [7, 11) is -3.64. The molecule has 0 radical (unpaired) electrons. The number of hydrogen-bond acceptors (Lipinski definition) is 3. The van der Waals surface area contributed by atoms with Crippen LogP contribution < -0.4 is 10.0 Å². The Balaban J connectivity index is 1.63. The fraction of sp³-hybridized carbons (Fsp3) is 0.143. The fourth-order valence-corrected chi connectivity index (χ4v) is 4.88. The lowest BCUT2D eigenvalue weighted by atomic mass is 9.96. The van der Waals surface area contributed by atoms with E-state index in [4.69, 9.17) is 0 Å². The number of benzene rings is 4. The van der Waals surface area contributed by atoms with Crippen molar-refractivity contribution in [1.29, 1.82) is 0 Å². The molecule has 4 aromatic carbocycles. The normalized spacial score (nSPS) is 12.5. The molecule has 0 aliphatic rings. The second kappa shape index (κ2) is 10.6. The van der Waals surface area contributed by atoms with Gasteiger partial charge >= 0.3 is 0 Å². The summed E-state index contributed by atoms with van der Waals surface area (Å²) in [4.78, 5) is 0.266. The molecule has 0 amide bonds. The smallest absolute Gasteiger partial charge is 0.240 e. The average Bonchev–Trinajstić information content (AvgIpc) is 2.86. The first-order chi connectivity index (χ1) is 16.0. The highest BCUT2D eigenvalue weighted by molar-refractivity contribution is 7.89. The minimum atomic E-state index is -3.64. The number of nitrogens with one attached hydrogen (secondary N) is 2. The molecule has 1 unspecified atom stereocenters. The molecule has 0 heterocycles. The summed E-state index contributed by atoms with van der Waals surface area (Å²) < 4.78 is 28.7. The van der Waals surface area contributed by atoms with E-state index in [9.17, 15) is 8.42 Å². The molecule has 5 heteroatoms. The van der Waals surface area contributed by atoms with Gasteiger partial charge in [-0.25, -0.2) is 13.1 Å². The Morgan fingerprint density at radius 2 is 1.09 bits per heavy atom. The monoisotopic (exact) mass is 456 g/mol. The van der Waals surface area contributed by atoms with Gasteiger partial charge < -0.3 is 0 Å². The van der Waals surface area contributed by atoms with E-state index in [1.54, 1.807) is 12.1 Å². The number of aryl methyl sites for hydroxylation is 1. The third-order valence-corrected chi connectivity index (χ3v) is 7.08. The molecule has 2 N–H and O–H groups in total. The van der Waals surface area contributed by atoms with Gasteiger partial charge in [-0.3, -0.25) is 5.32 Å². The van der Waals surface area contributed by atoms with Crippen LogP contribution >= 0.6 is 0 Å². The second-order valence-electron chi connectivity index (χ2n) is 8.05. The molecule has 0 bridgehead atoms. The van der Waals surface area contributed by atoms with Crippen LogP contribution in [-0.4, -0.2) is 15.0 Å². The van der Waals surface area contributed by atoms with E-state index in [2.05, 4.69) is 34.3 Å². The first-order valence-corrected chi connectivity index (χ1v) is 12.5. The van der Waals surface area contributed by atoms with Gasteiger partial charge in [-0.2, -0.15) is 0 Å². The van der Waals surface area contributed by atoms with Crippen molar-refractivity contribution in [3.8, 4) is 0 Å². The highest BCUT2D eigenvalue weighted by atomic mass is 32.2. The van der Waals surface area contributed by atoms with Crippen molar-refractivity contribution in [2.24, 2.45) is 0 Å². The van der Waals surface area contributed by atoms with Gasteiger partial charge in [-0.05, 0) is 35.7 Å². The quantitative estimate of drug-likeness (QED) is 0.355. The molecule has 33 heavy (non-hydrogen) atoms. The topological polar surface area (TPSA) is 58.2 Å². The van der Waals surface area contributed by atoms with E-state index >= 15 is 0 Å². The molecular weight excluding hydrogens is 428 g/mol. The zero-order valence-corrected chi connectivity index (χ0v) is 19.4. The summed E-state index contributed by atoms with van der Waals surface area (Å²) in [5, 5.41) is 3.71. The molecule has 1 atom stereocenters. The van der Waals surface area contributed by atoms with Crippen molar-refractivity contribution in [3.63, 3.8) is 0 Å². The summed E-state index contributed by atoms with van der Waals surface area (Å²) in [6.45, 7) is 2.16. The standard InChI is InChI=1S/C28H28N2O2S/c1-22-17-19-26(20-18-22)33(31,32)29-21-27(23-11-5-2-6-12-23)30-28(24-13-7-3-8-14-24)25-15-9-4-10-16-25/h2-20,27-30H,21H2,1H3. The van der Waals surface area contributed by atoms with Gasteiger partial charge in [-0.15, -0.1) is 0 Å². The molecule has 0 aliphatic heterocycles. The van der Waals surface area contributed by atoms with Crippen molar-refractivity contribution < 1.29 is 8.42 Å². The largest absolute Gasteiger partial charge is 0.298 e. The van der Waals surface area contributed by atoms with E-state index in [-0.39, 0.29) is 23.5 Å². The third kappa shape index (κ3) is 5.96. The zero-order valence-electron chi connectivity index (χ0n) is 18.6. The van der Waals surface area contributed by atoms with Gasteiger partial charge in [0, 0.05) is 12.6 Å². The van der Waals surface area contributed by atoms with Crippen molar-refractivity contribution in [3.05, 3.63) is 138 Å². The van der Waals surface area contributed by atoms with E-state index < -0.39 is 10.0 Å². The van der Waals surface area contributed by atoms with Crippen LogP contribution in [0.2, 0.25) is 0 Å². The van der Waals surface area contributed by atoms with Gasteiger partial charge in [0.2, 0.25) is 10.0 Å². The number of rotatable bonds is 9. The molecule has 0 aromatic heterocycles. The Morgan fingerprint density at radius 3 is 1.58 bits per heavy atom. The zero-order chi connectivity index (χ0) is 23.1. The van der Waals surface area contributed by atoms with Crippen molar-refractivity contribution >= 4 is 10.0 Å². The highest BCUT2D eigenvalue weighted by Crippen LogP contribution is 2.26. The SMILES string of the molecule is Cc1ccc(S(=O)(=O)NCC(NC(c2ccccc2)c2ccccc2)c2ccccc2)cc1. The predicted octanol–water partition coefficient (Wildman–Crippen LogP) is 5.39. The minimum Gasteiger partial charge on any atom is -0.298 e. The van der Waals surface area contributed by atoms with Crippen LogP contribution in [-0.2, 0) is 10.0 Å². The maximum Gasteiger partial charge on any atom is 0.240 e. The highest BCUT2D eigenvalue weighted by Gasteiger charge is 2.22. The summed E-state index contributed by atoms with van der Waals surface area (Å²) >= 11 is 0. The van der Waals surface area contributed by atoms with Gasteiger partial charge in [0.1, 0.15) is 0 Å². The minimum absolute atomic E-state index is 0.0958. The van der Waals surface area contributed by atoms with Crippen molar-refractivity contribution in [2.75, 3.05) is 6.54 Å². The molecular formula is C28H28N2O2S. The molecule has 4 rings (SSSR count). The maximum absolute atomic E-state index is 13.0. The van der Waals surface area contributed by atoms with Crippen LogP contribution in [0.5, 0.6) is 0 Å². The molecule has 0 fully saturated rings. The lowest BCUT2D eigenvalue weighted by molar-refractivity contribution is 0.475. The Bertz CT molecular complexity index is 1200. The maximum atomic E-state index is 13.0. The molecule has 0 saturated carbocycles. The van der Waals surface area contributed by atoms with Crippen LogP contribution in [0.1, 0.15) is 34.3 Å². The summed E-state index contributed by atoms with van der Waals surface area (Å²) in [6.07, 6.45) is 0. The van der Waals surface area contributed by atoms with Crippen LogP contribution in [0.15, 0.2) is 120 Å². The van der Waals surface area contributed by atoms with Crippen molar-refractivity contribution in [2.45, 2.75) is 23.9 Å². The van der Waals surface area contributed by atoms with Crippen LogP contribution in [0, 0.1) is 6.92 Å². The predicted molar refractivity (Wildman–Crippen MR) is 133 cm³/mol. The van der Waals surface area contributed by atoms with Crippen LogP contribution in [0.3, 0.4) is 0 Å². The molecule has 0 spiro atoms. The van der Waals surface area contributed by atoms with Crippen LogP contribution in [0.25, 0.3) is 0 Å². The van der Waals surface area contributed by atoms with Gasteiger partial charge in [0.15, 0.2) is 0 Å². The molecule has 168 valence electrons. The Morgan fingerprint density at radius 1 is 0.636 bits per heavy atom. The molecule has 4 nitrogen and oxygen atoms in total. The first-order valence-electron chi connectivity index (χ1n) is 11.0. The average molecular weight is 457 g/mol.